The molecular weight excluding hydrogens is 228 g/mol. The normalized spacial score (nSPS) is 13.6. The van der Waals surface area contributed by atoms with Crippen molar-refractivity contribution in [1.82, 2.24) is 10.2 Å². The highest BCUT2D eigenvalue weighted by Crippen LogP contribution is 2.25. The van der Waals surface area contributed by atoms with E-state index in [-0.39, 0.29) is 11.7 Å². The Kier molecular flexibility index (Phi) is 3.48. The molecule has 96 valence electrons. The number of aromatic nitrogens is 2. The van der Waals surface area contributed by atoms with Crippen LogP contribution in [0, 0.1) is 0 Å². The molecule has 2 aromatic rings. The average Bonchev–Trinajstić information content (AvgIpc) is 2.77. The van der Waals surface area contributed by atoms with Gasteiger partial charge in [-0.25, -0.2) is 0 Å². The van der Waals surface area contributed by atoms with Crippen molar-refractivity contribution in [2.24, 2.45) is 0 Å². The van der Waals surface area contributed by atoms with Gasteiger partial charge in [-0.15, -0.1) is 10.2 Å². The summed E-state index contributed by atoms with van der Waals surface area (Å²) in [6.45, 7) is 7.90. The molecule has 0 bridgehead atoms. The van der Waals surface area contributed by atoms with Crippen molar-refractivity contribution in [2.45, 2.75) is 39.4 Å². The van der Waals surface area contributed by atoms with Crippen LogP contribution in [0.3, 0.4) is 0 Å². The zero-order chi connectivity index (χ0) is 13.2. The fraction of sp³-hybridized carbons (Fsp3) is 0.429. The van der Waals surface area contributed by atoms with E-state index < -0.39 is 0 Å². The van der Waals surface area contributed by atoms with Crippen LogP contribution in [-0.2, 0) is 4.74 Å². The second-order valence-corrected chi connectivity index (χ2v) is 5.18. The van der Waals surface area contributed by atoms with Crippen molar-refractivity contribution in [3.8, 4) is 11.5 Å². The van der Waals surface area contributed by atoms with Crippen molar-refractivity contribution >= 4 is 0 Å². The van der Waals surface area contributed by atoms with Gasteiger partial charge in [0.2, 0.25) is 11.8 Å². The van der Waals surface area contributed by atoms with Crippen molar-refractivity contribution in [2.75, 3.05) is 0 Å². The van der Waals surface area contributed by atoms with Gasteiger partial charge in [-0.05, 0) is 39.8 Å². The van der Waals surface area contributed by atoms with Crippen molar-refractivity contribution in [3.63, 3.8) is 0 Å². The molecule has 0 saturated heterocycles. The lowest BCUT2D eigenvalue weighted by Gasteiger charge is -2.22. The van der Waals surface area contributed by atoms with E-state index in [9.17, 15) is 0 Å². The second-order valence-electron chi connectivity index (χ2n) is 5.18. The smallest absolute Gasteiger partial charge is 0.247 e. The van der Waals surface area contributed by atoms with E-state index in [4.69, 9.17) is 9.15 Å². The summed E-state index contributed by atoms with van der Waals surface area (Å²) in [5.74, 6) is 1.03. The number of ether oxygens (including phenoxy) is 1. The maximum atomic E-state index is 5.78. The summed E-state index contributed by atoms with van der Waals surface area (Å²) in [5.41, 5.74) is 0.681. The molecule has 0 aliphatic carbocycles. The fourth-order valence-corrected chi connectivity index (χ4v) is 1.68. The maximum absolute atomic E-state index is 5.78. The summed E-state index contributed by atoms with van der Waals surface area (Å²) in [6.07, 6.45) is -0.213. The lowest BCUT2D eigenvalue weighted by atomic mass is 10.2. The van der Waals surface area contributed by atoms with E-state index in [2.05, 4.69) is 10.2 Å². The topological polar surface area (TPSA) is 48.2 Å². The van der Waals surface area contributed by atoms with Gasteiger partial charge in [0.1, 0.15) is 6.10 Å². The fourth-order valence-electron chi connectivity index (χ4n) is 1.68. The van der Waals surface area contributed by atoms with Gasteiger partial charge < -0.3 is 9.15 Å². The molecule has 1 aromatic carbocycles. The van der Waals surface area contributed by atoms with Crippen molar-refractivity contribution in [3.05, 3.63) is 36.2 Å². The van der Waals surface area contributed by atoms with Crippen LogP contribution in [0.2, 0.25) is 0 Å². The lowest BCUT2D eigenvalue weighted by Crippen LogP contribution is -2.21. The Hall–Kier alpha value is -1.68. The van der Waals surface area contributed by atoms with E-state index in [1.807, 2.05) is 58.0 Å². The molecule has 0 aliphatic rings. The number of rotatable bonds is 3. The largest absolute Gasteiger partial charge is 0.418 e. The third-order valence-electron chi connectivity index (χ3n) is 2.34. The number of hydrogen-bond acceptors (Lipinski definition) is 4. The first-order chi connectivity index (χ1) is 8.46. The monoisotopic (exact) mass is 246 g/mol. The zero-order valence-corrected chi connectivity index (χ0v) is 11.2. The first kappa shape index (κ1) is 12.8. The molecule has 0 spiro atoms. The molecule has 1 unspecified atom stereocenters. The van der Waals surface area contributed by atoms with Crippen LogP contribution in [-0.4, -0.2) is 15.8 Å². The predicted octanol–water partition coefficient (Wildman–Crippen LogP) is 3.61. The van der Waals surface area contributed by atoms with Gasteiger partial charge in [-0.1, -0.05) is 18.2 Å². The van der Waals surface area contributed by atoms with Crippen molar-refractivity contribution < 1.29 is 9.15 Å². The highest BCUT2D eigenvalue weighted by Gasteiger charge is 2.21. The SMILES string of the molecule is CC(OC(C)(C)C)c1nnc(-c2ccccc2)o1. The first-order valence-electron chi connectivity index (χ1n) is 6.02. The van der Waals surface area contributed by atoms with E-state index in [0.717, 1.165) is 5.56 Å². The molecule has 1 aromatic heterocycles. The van der Waals surface area contributed by atoms with Gasteiger partial charge in [-0.2, -0.15) is 0 Å². The van der Waals surface area contributed by atoms with Gasteiger partial charge >= 0.3 is 0 Å². The van der Waals surface area contributed by atoms with E-state index in [1.165, 1.54) is 0 Å². The molecule has 0 saturated carbocycles. The molecule has 1 heterocycles. The van der Waals surface area contributed by atoms with Crippen LogP contribution < -0.4 is 0 Å². The average molecular weight is 246 g/mol. The molecular formula is C14H18N2O2. The summed E-state index contributed by atoms with van der Waals surface area (Å²) in [7, 11) is 0. The standard InChI is InChI=1S/C14H18N2O2/c1-10(18-14(2,3)4)12-15-16-13(17-12)11-8-6-5-7-9-11/h5-10H,1-4H3. The van der Waals surface area contributed by atoms with E-state index in [1.54, 1.807) is 0 Å². The molecule has 0 aliphatic heterocycles. The van der Waals surface area contributed by atoms with Crippen LogP contribution in [0.25, 0.3) is 11.5 Å². The van der Waals surface area contributed by atoms with Crippen LogP contribution in [0.5, 0.6) is 0 Å². The third-order valence-corrected chi connectivity index (χ3v) is 2.34. The molecule has 2 rings (SSSR count). The molecule has 4 heteroatoms. The van der Waals surface area contributed by atoms with Crippen LogP contribution in [0.1, 0.15) is 39.7 Å². The highest BCUT2D eigenvalue weighted by atomic mass is 16.5. The Balaban J connectivity index is 2.16. The van der Waals surface area contributed by atoms with E-state index >= 15 is 0 Å². The number of hydrogen-bond donors (Lipinski definition) is 0. The summed E-state index contributed by atoms with van der Waals surface area (Å²) in [6, 6.07) is 9.70. The van der Waals surface area contributed by atoms with E-state index in [0.29, 0.717) is 11.8 Å². The maximum Gasteiger partial charge on any atom is 0.247 e. The molecule has 0 N–H and O–H groups in total. The predicted molar refractivity (Wildman–Crippen MR) is 69.0 cm³/mol. The summed E-state index contributed by atoms with van der Waals surface area (Å²) in [5, 5.41) is 8.08. The molecule has 1 atom stereocenters. The second kappa shape index (κ2) is 4.90. The Morgan fingerprint density at radius 2 is 1.78 bits per heavy atom. The van der Waals surface area contributed by atoms with Crippen LogP contribution in [0.4, 0.5) is 0 Å². The summed E-state index contributed by atoms with van der Waals surface area (Å²) < 4.78 is 11.4. The molecule has 18 heavy (non-hydrogen) atoms. The van der Waals surface area contributed by atoms with Gasteiger partial charge in [0.15, 0.2) is 0 Å². The highest BCUT2D eigenvalue weighted by molar-refractivity contribution is 5.51. The number of nitrogens with zero attached hydrogens (tertiary/aromatic N) is 2. The Labute approximate surface area is 107 Å². The van der Waals surface area contributed by atoms with Gasteiger partial charge in [0.05, 0.1) is 5.60 Å². The Bertz CT molecular complexity index is 500. The Morgan fingerprint density at radius 3 is 2.39 bits per heavy atom. The molecule has 0 amide bonds. The minimum absolute atomic E-state index is 0.213. The zero-order valence-electron chi connectivity index (χ0n) is 11.2. The summed E-state index contributed by atoms with van der Waals surface area (Å²) >= 11 is 0. The third kappa shape index (κ3) is 3.17. The van der Waals surface area contributed by atoms with Crippen LogP contribution >= 0.6 is 0 Å². The van der Waals surface area contributed by atoms with Gasteiger partial charge in [0.25, 0.3) is 0 Å². The van der Waals surface area contributed by atoms with Gasteiger partial charge in [-0.3, -0.25) is 0 Å². The molecule has 0 radical (unpaired) electrons. The Morgan fingerprint density at radius 1 is 1.11 bits per heavy atom. The quantitative estimate of drug-likeness (QED) is 0.830. The minimum Gasteiger partial charge on any atom is -0.418 e. The number of benzene rings is 1. The first-order valence-corrected chi connectivity index (χ1v) is 6.02. The van der Waals surface area contributed by atoms with Crippen LogP contribution in [0.15, 0.2) is 34.7 Å². The molecule has 4 nitrogen and oxygen atoms in total. The van der Waals surface area contributed by atoms with Gasteiger partial charge in [0, 0.05) is 5.56 Å². The minimum atomic E-state index is -0.235. The van der Waals surface area contributed by atoms with Crippen molar-refractivity contribution in [1.29, 1.82) is 0 Å². The lowest BCUT2D eigenvalue weighted by molar-refractivity contribution is -0.0634. The molecule has 0 fully saturated rings. The summed E-state index contributed by atoms with van der Waals surface area (Å²) in [4.78, 5) is 0.